The zero-order valence-electron chi connectivity index (χ0n) is 15.3. The lowest BCUT2D eigenvalue weighted by Crippen LogP contribution is -2.43. The second kappa shape index (κ2) is 8.07. The average Bonchev–Trinajstić information content (AvgIpc) is 3.17. The van der Waals surface area contributed by atoms with Crippen molar-refractivity contribution in [3.8, 4) is 0 Å². The zero-order valence-corrected chi connectivity index (χ0v) is 17.5. The first-order valence-electron chi connectivity index (χ1n) is 8.85. The number of carbonyl (C=O) groups is 1. The van der Waals surface area contributed by atoms with E-state index in [4.69, 9.17) is 5.11 Å². The van der Waals surface area contributed by atoms with Gasteiger partial charge in [-0.2, -0.15) is 0 Å². The summed E-state index contributed by atoms with van der Waals surface area (Å²) in [7, 11) is 1.69. The number of carbonyl (C=O) groups excluding carboxylic acids is 1. The molecule has 144 valence electrons. The molecule has 0 unspecified atom stereocenters. The molecule has 0 saturated carbocycles. The molecule has 0 aliphatic carbocycles. The largest absolute Gasteiger partial charge is 0.396 e. The van der Waals surface area contributed by atoms with Crippen LogP contribution in [0, 0.1) is 9.49 Å². The Labute approximate surface area is 171 Å². The summed E-state index contributed by atoms with van der Waals surface area (Å²) >= 11 is 2.19. The minimum absolute atomic E-state index is 0.0532. The van der Waals surface area contributed by atoms with Crippen molar-refractivity contribution in [1.29, 1.82) is 0 Å². The quantitative estimate of drug-likeness (QED) is 0.465. The molecule has 27 heavy (non-hydrogen) atoms. The van der Waals surface area contributed by atoms with Gasteiger partial charge in [0.1, 0.15) is 0 Å². The molecule has 0 saturated heterocycles. The van der Waals surface area contributed by atoms with Gasteiger partial charge in [0.25, 0.3) is 5.91 Å². The Hall–Kier alpha value is -1.78. The second-order valence-corrected chi connectivity index (χ2v) is 7.99. The van der Waals surface area contributed by atoms with E-state index in [1.54, 1.807) is 11.7 Å². The molecule has 1 aromatic heterocycles. The molecule has 1 amide bonds. The van der Waals surface area contributed by atoms with E-state index in [-0.39, 0.29) is 18.4 Å². The van der Waals surface area contributed by atoms with E-state index in [9.17, 15) is 9.90 Å². The van der Waals surface area contributed by atoms with Crippen LogP contribution in [0.4, 0.5) is 5.69 Å². The number of benzene rings is 1. The lowest BCUT2D eigenvalue weighted by Gasteiger charge is -2.27. The maximum absolute atomic E-state index is 12.8. The lowest BCUT2D eigenvalue weighted by molar-refractivity contribution is -0.139. The monoisotopic (exact) mass is 482 g/mol. The van der Waals surface area contributed by atoms with Crippen molar-refractivity contribution in [2.45, 2.75) is 31.9 Å². The summed E-state index contributed by atoms with van der Waals surface area (Å²) in [5.41, 5.74) is 0.615. The molecule has 0 spiro atoms. The average molecular weight is 482 g/mol. The van der Waals surface area contributed by atoms with Gasteiger partial charge in [-0.1, -0.05) is 24.3 Å². The third-order valence-electron chi connectivity index (χ3n) is 4.92. The van der Waals surface area contributed by atoms with Crippen molar-refractivity contribution in [2.24, 2.45) is 5.92 Å². The third-order valence-corrected chi connectivity index (χ3v) is 5.59. The molecular formula is C19H23IN4O3. The predicted octanol–water partition coefficient (Wildman–Crippen LogP) is 1.86. The number of amides is 1. The molecule has 2 heterocycles. The normalized spacial score (nSPS) is 20.5. The van der Waals surface area contributed by atoms with E-state index in [1.807, 2.05) is 43.5 Å². The molecular weight excluding hydrogens is 459 g/mol. The first kappa shape index (κ1) is 20.0. The van der Waals surface area contributed by atoms with Gasteiger partial charge >= 0.3 is 0 Å². The van der Waals surface area contributed by atoms with Gasteiger partial charge in [0.2, 0.25) is 0 Å². The molecule has 1 aromatic carbocycles. The highest BCUT2D eigenvalue weighted by atomic mass is 127. The van der Waals surface area contributed by atoms with Gasteiger partial charge < -0.3 is 15.1 Å². The molecule has 7 nitrogen and oxygen atoms in total. The number of nitrogens with zero attached hydrogens (tertiary/aromatic N) is 4. The van der Waals surface area contributed by atoms with E-state index >= 15 is 0 Å². The maximum Gasteiger partial charge on any atom is 0.264 e. The Morgan fingerprint density at radius 1 is 1.41 bits per heavy atom. The van der Waals surface area contributed by atoms with Crippen LogP contribution in [0.2, 0.25) is 0 Å². The Balaban J connectivity index is 1.69. The number of likely N-dealkylation sites (N-methyl/N-ethyl adjacent to an activating group) is 1. The highest BCUT2D eigenvalue weighted by Crippen LogP contribution is 2.44. The number of aryl methyl sites for hydroxylation is 1. The van der Waals surface area contributed by atoms with Crippen LogP contribution in [0.5, 0.6) is 0 Å². The van der Waals surface area contributed by atoms with Crippen molar-refractivity contribution in [1.82, 2.24) is 15.0 Å². The fourth-order valence-electron chi connectivity index (χ4n) is 3.35. The van der Waals surface area contributed by atoms with Crippen molar-refractivity contribution < 1.29 is 15.0 Å². The third kappa shape index (κ3) is 3.78. The van der Waals surface area contributed by atoms with E-state index < -0.39 is 5.60 Å². The lowest BCUT2D eigenvalue weighted by atomic mass is 9.83. The van der Waals surface area contributed by atoms with Gasteiger partial charge in [-0.3, -0.25) is 9.48 Å². The van der Waals surface area contributed by atoms with Gasteiger partial charge in [-0.05, 0) is 47.2 Å². The number of halogens is 1. The number of allylic oxidation sites excluding steroid dienone is 1. The molecule has 1 aliphatic rings. The van der Waals surface area contributed by atoms with Crippen molar-refractivity contribution >= 4 is 34.2 Å². The van der Waals surface area contributed by atoms with Gasteiger partial charge in [-0.25, -0.2) is 0 Å². The predicted molar refractivity (Wildman–Crippen MR) is 110 cm³/mol. The molecule has 0 fully saturated rings. The van der Waals surface area contributed by atoms with Gasteiger partial charge in [0.05, 0.1) is 11.4 Å². The summed E-state index contributed by atoms with van der Waals surface area (Å²) in [5, 5.41) is 28.2. The number of aliphatic hydroxyl groups excluding tert-OH is 1. The summed E-state index contributed by atoms with van der Waals surface area (Å²) in [4.78, 5) is 14.3. The van der Waals surface area contributed by atoms with E-state index in [1.165, 1.54) is 4.90 Å². The Morgan fingerprint density at radius 3 is 2.93 bits per heavy atom. The summed E-state index contributed by atoms with van der Waals surface area (Å²) in [5.74, 6) is -0.672. The molecule has 2 N–H and O–H groups in total. The molecule has 2 atom stereocenters. The molecule has 8 heteroatoms. The molecule has 3 rings (SSSR count). The zero-order chi connectivity index (χ0) is 19.6. The number of hydrogen-bond acceptors (Lipinski definition) is 5. The topological polar surface area (TPSA) is 91.5 Å². The van der Waals surface area contributed by atoms with Gasteiger partial charge in [-0.15, -0.1) is 5.10 Å². The number of aromatic nitrogens is 3. The SMILES string of the molecule is C[C@@H](/C=C/CCn1cc(CCO)nn1)[C@]1(O)C(=O)N(C)c2ccc(I)cc21. The maximum atomic E-state index is 12.8. The van der Waals surface area contributed by atoms with Crippen LogP contribution in [-0.4, -0.2) is 44.8 Å². The fourth-order valence-corrected chi connectivity index (χ4v) is 3.84. The van der Waals surface area contributed by atoms with Gasteiger partial charge in [0, 0.05) is 47.9 Å². The highest BCUT2D eigenvalue weighted by molar-refractivity contribution is 14.1. The molecule has 0 radical (unpaired) electrons. The van der Waals surface area contributed by atoms with E-state index in [2.05, 4.69) is 32.9 Å². The molecule has 2 aromatic rings. The second-order valence-electron chi connectivity index (χ2n) is 6.74. The first-order chi connectivity index (χ1) is 12.9. The Kier molecular flexibility index (Phi) is 5.97. The number of rotatable bonds is 7. The number of hydrogen-bond donors (Lipinski definition) is 2. The van der Waals surface area contributed by atoms with Crippen molar-refractivity contribution in [3.05, 3.63) is 51.4 Å². The Bertz CT molecular complexity index is 866. The smallest absolute Gasteiger partial charge is 0.264 e. The summed E-state index contributed by atoms with van der Waals surface area (Å²) in [6, 6.07) is 5.68. The summed E-state index contributed by atoms with van der Waals surface area (Å²) in [6.07, 6.45) is 6.84. The van der Waals surface area contributed by atoms with Crippen LogP contribution in [0.25, 0.3) is 0 Å². The standard InChI is InChI=1S/C19H23IN4O3/c1-13(5-3-4-9-24-12-15(8-10-25)21-22-24)19(27)16-11-14(20)6-7-17(16)23(2)18(19)26/h3,5-7,11-13,25,27H,4,8-10H2,1-2H3/b5-3+/t13-,19+/m0/s1. The number of aliphatic hydroxyl groups is 2. The Morgan fingerprint density at radius 2 is 2.19 bits per heavy atom. The van der Waals surface area contributed by atoms with Crippen LogP contribution >= 0.6 is 22.6 Å². The molecule has 0 bridgehead atoms. The minimum Gasteiger partial charge on any atom is -0.396 e. The summed E-state index contributed by atoms with van der Waals surface area (Å²) in [6.45, 7) is 2.55. The fraction of sp³-hybridized carbons (Fsp3) is 0.421. The first-order valence-corrected chi connectivity index (χ1v) is 9.93. The van der Waals surface area contributed by atoms with Crippen LogP contribution in [-0.2, 0) is 23.4 Å². The van der Waals surface area contributed by atoms with Crippen LogP contribution in [0.3, 0.4) is 0 Å². The minimum atomic E-state index is -1.55. The summed E-state index contributed by atoms with van der Waals surface area (Å²) < 4.78 is 2.70. The van der Waals surface area contributed by atoms with E-state index in [0.29, 0.717) is 24.9 Å². The molecule has 1 aliphatic heterocycles. The van der Waals surface area contributed by atoms with Crippen LogP contribution in [0.1, 0.15) is 24.6 Å². The van der Waals surface area contributed by atoms with Crippen molar-refractivity contribution in [2.75, 3.05) is 18.6 Å². The number of anilines is 1. The van der Waals surface area contributed by atoms with Crippen LogP contribution < -0.4 is 4.90 Å². The van der Waals surface area contributed by atoms with Crippen LogP contribution in [0.15, 0.2) is 36.5 Å². The van der Waals surface area contributed by atoms with E-state index in [0.717, 1.165) is 15.0 Å². The number of fused-ring (bicyclic) bond motifs is 1. The van der Waals surface area contributed by atoms with Crippen molar-refractivity contribution in [3.63, 3.8) is 0 Å². The highest BCUT2D eigenvalue weighted by Gasteiger charge is 2.51. The van der Waals surface area contributed by atoms with Gasteiger partial charge in [0.15, 0.2) is 5.60 Å².